The Hall–Kier alpha value is -1.93. The number of aryl methyl sites for hydroxylation is 1. The van der Waals surface area contributed by atoms with Crippen molar-refractivity contribution in [2.45, 2.75) is 40.2 Å². The van der Waals surface area contributed by atoms with Gasteiger partial charge in [0.15, 0.2) is 0 Å². The zero-order valence-corrected chi connectivity index (χ0v) is 15.0. The number of unbranched alkanes of at least 4 members (excludes halogenated alkanes) is 1. The van der Waals surface area contributed by atoms with Crippen molar-refractivity contribution in [2.24, 2.45) is 0 Å². The van der Waals surface area contributed by atoms with E-state index in [4.69, 9.17) is 9.47 Å². The molecule has 132 valence electrons. The number of ether oxygens (including phenoxy) is 2. The third kappa shape index (κ3) is 3.76. The van der Waals surface area contributed by atoms with Gasteiger partial charge in [0.1, 0.15) is 9.71 Å². The lowest BCUT2D eigenvalue weighted by Gasteiger charge is -2.06. The molecular weight excluding hydrogens is 332 g/mol. The number of fused-ring (bicyclic) bond motifs is 1. The minimum atomic E-state index is -0.497. The summed E-state index contributed by atoms with van der Waals surface area (Å²) in [5.74, 6) is -0.481. The first kappa shape index (κ1) is 18.4. The number of hydrogen-bond acceptors (Lipinski definition) is 6. The van der Waals surface area contributed by atoms with Crippen LogP contribution in [0.4, 0.5) is 0 Å². The molecule has 8 heteroatoms. The summed E-state index contributed by atoms with van der Waals surface area (Å²) in [7, 11) is 0. The van der Waals surface area contributed by atoms with Gasteiger partial charge in [-0.3, -0.25) is 14.3 Å². The minimum Gasteiger partial charge on any atom is -0.462 e. The normalized spacial score (nSPS) is 11.1. The van der Waals surface area contributed by atoms with Gasteiger partial charge in [-0.2, -0.15) is 0 Å². The van der Waals surface area contributed by atoms with E-state index in [1.807, 2.05) is 0 Å². The maximum atomic E-state index is 12.6. The van der Waals surface area contributed by atoms with Crippen LogP contribution in [0.15, 0.2) is 9.59 Å². The molecule has 7 nitrogen and oxygen atoms in total. The monoisotopic (exact) mass is 354 g/mol. The summed E-state index contributed by atoms with van der Waals surface area (Å²) >= 11 is 1.07. The van der Waals surface area contributed by atoms with E-state index in [1.54, 1.807) is 13.8 Å². The van der Waals surface area contributed by atoms with Crippen LogP contribution in [0.3, 0.4) is 0 Å². The standard InChI is InChI=1S/C16H22N2O5S/c1-4-6-8-22-9-7-18-14(19)11-10(3)12(15(20)23-5-2)24-13(11)17-16(18)21/h4-9H2,1-3H3,(H,17,21). The van der Waals surface area contributed by atoms with Crippen molar-refractivity contribution in [3.63, 3.8) is 0 Å². The molecule has 24 heavy (non-hydrogen) atoms. The highest BCUT2D eigenvalue weighted by Gasteiger charge is 2.20. The predicted molar refractivity (Wildman–Crippen MR) is 93.1 cm³/mol. The average Bonchev–Trinajstić information content (AvgIpc) is 2.87. The Morgan fingerprint density at radius 2 is 2.00 bits per heavy atom. The SMILES string of the molecule is CCCCOCCn1c(=O)[nH]c2sc(C(=O)OCC)c(C)c2c1=O. The van der Waals surface area contributed by atoms with Gasteiger partial charge in [0.25, 0.3) is 5.56 Å². The summed E-state index contributed by atoms with van der Waals surface area (Å²) in [5.41, 5.74) is -0.365. The van der Waals surface area contributed by atoms with E-state index >= 15 is 0 Å². The molecule has 2 aromatic rings. The molecule has 0 radical (unpaired) electrons. The van der Waals surface area contributed by atoms with Crippen molar-refractivity contribution >= 4 is 27.5 Å². The highest BCUT2D eigenvalue weighted by atomic mass is 32.1. The molecule has 0 aliphatic heterocycles. The van der Waals surface area contributed by atoms with Crippen LogP contribution in [0.5, 0.6) is 0 Å². The lowest BCUT2D eigenvalue weighted by Crippen LogP contribution is -2.36. The molecule has 0 amide bonds. The van der Waals surface area contributed by atoms with Gasteiger partial charge in [-0.25, -0.2) is 9.59 Å². The second-order valence-corrected chi connectivity index (χ2v) is 6.35. The summed E-state index contributed by atoms with van der Waals surface area (Å²) in [5, 5.41) is 0.358. The Balaban J connectivity index is 2.34. The number of thiophene rings is 1. The topological polar surface area (TPSA) is 90.4 Å². The summed E-state index contributed by atoms with van der Waals surface area (Å²) in [6.45, 7) is 6.80. The van der Waals surface area contributed by atoms with Crippen LogP contribution in [0.2, 0.25) is 0 Å². The summed E-state index contributed by atoms with van der Waals surface area (Å²) < 4.78 is 11.5. The Kier molecular flexibility index (Phi) is 6.33. The van der Waals surface area contributed by atoms with Gasteiger partial charge in [0, 0.05) is 6.61 Å². The first-order chi connectivity index (χ1) is 11.5. The first-order valence-electron chi connectivity index (χ1n) is 8.02. The lowest BCUT2D eigenvalue weighted by molar-refractivity contribution is 0.0531. The molecule has 0 bridgehead atoms. The van der Waals surface area contributed by atoms with Gasteiger partial charge in [-0.1, -0.05) is 13.3 Å². The molecule has 0 fully saturated rings. The van der Waals surface area contributed by atoms with E-state index in [9.17, 15) is 14.4 Å². The van der Waals surface area contributed by atoms with Crippen LogP contribution in [0.25, 0.3) is 10.2 Å². The number of aromatic nitrogens is 2. The zero-order valence-electron chi connectivity index (χ0n) is 14.1. The third-order valence-electron chi connectivity index (χ3n) is 3.63. The van der Waals surface area contributed by atoms with Crippen LogP contribution >= 0.6 is 11.3 Å². The van der Waals surface area contributed by atoms with Crippen LogP contribution in [0, 0.1) is 6.92 Å². The largest absolute Gasteiger partial charge is 0.462 e. The number of nitrogens with zero attached hydrogens (tertiary/aromatic N) is 1. The Bertz CT molecular complexity index is 833. The highest BCUT2D eigenvalue weighted by molar-refractivity contribution is 7.20. The average molecular weight is 354 g/mol. The van der Waals surface area contributed by atoms with E-state index < -0.39 is 17.2 Å². The van der Waals surface area contributed by atoms with Crippen molar-refractivity contribution in [3.8, 4) is 0 Å². The summed E-state index contributed by atoms with van der Waals surface area (Å²) in [6, 6.07) is 0. The number of hydrogen-bond donors (Lipinski definition) is 1. The smallest absolute Gasteiger partial charge is 0.348 e. The molecule has 0 aromatic carbocycles. The van der Waals surface area contributed by atoms with E-state index in [1.165, 1.54) is 0 Å². The second-order valence-electron chi connectivity index (χ2n) is 5.33. The van der Waals surface area contributed by atoms with Crippen molar-refractivity contribution in [1.29, 1.82) is 0 Å². The molecule has 0 saturated heterocycles. The molecular formula is C16H22N2O5S. The van der Waals surface area contributed by atoms with Crippen LogP contribution < -0.4 is 11.2 Å². The summed E-state index contributed by atoms with van der Waals surface area (Å²) in [4.78, 5) is 40.1. The molecule has 0 aliphatic carbocycles. The van der Waals surface area contributed by atoms with Crippen molar-refractivity contribution in [1.82, 2.24) is 9.55 Å². The Morgan fingerprint density at radius 3 is 2.67 bits per heavy atom. The maximum absolute atomic E-state index is 12.6. The van der Waals surface area contributed by atoms with Crippen LogP contribution in [-0.4, -0.2) is 35.3 Å². The molecule has 0 aliphatic rings. The minimum absolute atomic E-state index is 0.178. The second kappa shape index (κ2) is 8.25. The number of esters is 1. The van der Waals surface area contributed by atoms with Gasteiger partial charge in [-0.05, 0) is 25.8 Å². The molecule has 0 spiro atoms. The fourth-order valence-electron chi connectivity index (χ4n) is 2.35. The quantitative estimate of drug-likeness (QED) is 0.579. The third-order valence-corrected chi connectivity index (χ3v) is 4.82. The molecule has 2 rings (SSSR count). The van der Waals surface area contributed by atoms with Crippen molar-refractivity contribution < 1.29 is 14.3 Å². The maximum Gasteiger partial charge on any atom is 0.348 e. The van der Waals surface area contributed by atoms with Gasteiger partial charge in [0.05, 0.1) is 25.1 Å². The number of H-pyrrole nitrogens is 1. The van der Waals surface area contributed by atoms with Gasteiger partial charge in [-0.15, -0.1) is 11.3 Å². The number of carbonyl (C=O) groups is 1. The van der Waals surface area contributed by atoms with Crippen molar-refractivity contribution in [2.75, 3.05) is 19.8 Å². The molecule has 0 atom stereocenters. The highest BCUT2D eigenvalue weighted by Crippen LogP contribution is 2.26. The number of rotatable bonds is 8. The Labute approximate surface area is 143 Å². The molecule has 1 N–H and O–H groups in total. The number of carbonyl (C=O) groups excluding carboxylic acids is 1. The summed E-state index contributed by atoms with van der Waals surface area (Å²) in [6.07, 6.45) is 1.97. The van der Waals surface area contributed by atoms with Gasteiger partial charge in [0.2, 0.25) is 0 Å². The first-order valence-corrected chi connectivity index (χ1v) is 8.83. The molecule has 0 saturated carbocycles. The van der Waals surface area contributed by atoms with Gasteiger partial charge >= 0.3 is 11.7 Å². The lowest BCUT2D eigenvalue weighted by atomic mass is 10.2. The molecule has 2 aromatic heterocycles. The van der Waals surface area contributed by atoms with E-state index in [0.29, 0.717) is 33.9 Å². The van der Waals surface area contributed by atoms with E-state index in [0.717, 1.165) is 28.7 Å². The van der Waals surface area contributed by atoms with E-state index in [-0.39, 0.29) is 13.2 Å². The molecule has 2 heterocycles. The fourth-order valence-corrected chi connectivity index (χ4v) is 3.43. The number of aromatic amines is 1. The predicted octanol–water partition coefficient (Wildman–Crippen LogP) is 2.05. The van der Waals surface area contributed by atoms with Crippen LogP contribution in [-0.2, 0) is 16.0 Å². The Morgan fingerprint density at radius 1 is 1.25 bits per heavy atom. The van der Waals surface area contributed by atoms with Gasteiger partial charge < -0.3 is 9.47 Å². The fraction of sp³-hybridized carbons (Fsp3) is 0.562. The molecule has 0 unspecified atom stereocenters. The van der Waals surface area contributed by atoms with Crippen LogP contribution in [0.1, 0.15) is 41.9 Å². The zero-order chi connectivity index (χ0) is 17.7. The van der Waals surface area contributed by atoms with E-state index in [2.05, 4.69) is 11.9 Å². The van der Waals surface area contributed by atoms with Crippen molar-refractivity contribution in [3.05, 3.63) is 31.3 Å². The number of nitrogens with one attached hydrogen (secondary N) is 1.